The molecule has 32 heavy (non-hydrogen) atoms. The Morgan fingerprint density at radius 2 is 1.78 bits per heavy atom. The molecule has 1 aromatic heterocycles. The van der Waals surface area contributed by atoms with E-state index >= 15 is 0 Å². The molecule has 0 unspecified atom stereocenters. The molecule has 2 amide bonds. The monoisotopic (exact) mass is 437 g/mol. The number of piperidine rings is 1. The summed E-state index contributed by atoms with van der Waals surface area (Å²) in [5.41, 5.74) is 1.62. The number of carbonyl (C=O) groups is 2. The van der Waals surface area contributed by atoms with Gasteiger partial charge in [0, 0.05) is 24.2 Å². The number of fused-ring (bicyclic) bond motifs is 1. The van der Waals surface area contributed by atoms with Crippen LogP contribution < -0.4 is 21.1 Å². The molecule has 8 nitrogen and oxygen atoms in total. The highest BCUT2D eigenvalue weighted by Gasteiger charge is 2.36. The zero-order valence-corrected chi connectivity index (χ0v) is 19.1. The van der Waals surface area contributed by atoms with Crippen molar-refractivity contribution in [3.05, 3.63) is 45.7 Å². The lowest BCUT2D eigenvalue weighted by Gasteiger charge is -2.39. The fourth-order valence-electron chi connectivity index (χ4n) is 4.73. The Labute approximate surface area is 187 Å². The van der Waals surface area contributed by atoms with Crippen LogP contribution in [0.5, 0.6) is 0 Å². The lowest BCUT2D eigenvalue weighted by atomic mass is 9.92. The SMILES string of the molecule is CC(C)c1ccc(NC(=O)[C@H]2CC(=O)Nc3nc(N4[C@H](C)CCC[C@@H]4C)[nH]c(=O)c32)cc1. The van der Waals surface area contributed by atoms with Gasteiger partial charge < -0.3 is 15.5 Å². The maximum absolute atomic E-state index is 13.1. The van der Waals surface area contributed by atoms with E-state index in [0.717, 1.165) is 19.3 Å². The van der Waals surface area contributed by atoms with E-state index in [1.54, 1.807) is 0 Å². The van der Waals surface area contributed by atoms with Crippen LogP contribution in [0.4, 0.5) is 17.5 Å². The number of aromatic amines is 1. The van der Waals surface area contributed by atoms with Gasteiger partial charge in [-0.3, -0.25) is 19.4 Å². The quantitative estimate of drug-likeness (QED) is 0.676. The maximum atomic E-state index is 13.1. The van der Waals surface area contributed by atoms with Gasteiger partial charge in [0.1, 0.15) is 5.82 Å². The number of hydrogen-bond donors (Lipinski definition) is 3. The molecule has 4 rings (SSSR count). The summed E-state index contributed by atoms with van der Waals surface area (Å²) >= 11 is 0. The average Bonchev–Trinajstić information content (AvgIpc) is 2.73. The highest BCUT2D eigenvalue weighted by molar-refractivity contribution is 6.04. The second kappa shape index (κ2) is 8.76. The number of rotatable bonds is 4. The third-order valence-electron chi connectivity index (χ3n) is 6.54. The van der Waals surface area contributed by atoms with Crippen molar-refractivity contribution >= 4 is 29.3 Å². The van der Waals surface area contributed by atoms with Gasteiger partial charge in [-0.25, -0.2) is 0 Å². The molecule has 0 spiro atoms. The van der Waals surface area contributed by atoms with Gasteiger partial charge in [-0.2, -0.15) is 4.98 Å². The van der Waals surface area contributed by atoms with Crippen molar-refractivity contribution in [1.29, 1.82) is 0 Å². The molecule has 8 heteroatoms. The van der Waals surface area contributed by atoms with Crippen LogP contribution in [0.1, 0.15) is 76.3 Å². The highest BCUT2D eigenvalue weighted by Crippen LogP contribution is 2.32. The molecule has 2 aliphatic heterocycles. The van der Waals surface area contributed by atoms with Gasteiger partial charge >= 0.3 is 0 Å². The number of aromatic nitrogens is 2. The summed E-state index contributed by atoms with van der Waals surface area (Å²) < 4.78 is 0. The average molecular weight is 438 g/mol. The first-order chi connectivity index (χ1) is 15.2. The molecule has 1 fully saturated rings. The highest BCUT2D eigenvalue weighted by atomic mass is 16.2. The zero-order chi connectivity index (χ0) is 23.0. The molecule has 1 saturated heterocycles. The van der Waals surface area contributed by atoms with E-state index in [4.69, 9.17) is 0 Å². The van der Waals surface area contributed by atoms with E-state index in [1.165, 1.54) is 5.56 Å². The predicted molar refractivity (Wildman–Crippen MR) is 125 cm³/mol. The van der Waals surface area contributed by atoms with E-state index in [1.807, 2.05) is 24.3 Å². The molecule has 0 bridgehead atoms. The Bertz CT molecular complexity index is 1070. The van der Waals surface area contributed by atoms with Crippen LogP contribution >= 0.6 is 0 Å². The van der Waals surface area contributed by atoms with Crippen molar-refractivity contribution in [3.8, 4) is 0 Å². The molecule has 0 aliphatic carbocycles. The fourth-order valence-corrected chi connectivity index (χ4v) is 4.73. The van der Waals surface area contributed by atoms with E-state index in [9.17, 15) is 14.4 Å². The summed E-state index contributed by atoms with van der Waals surface area (Å²) in [6.45, 7) is 8.41. The van der Waals surface area contributed by atoms with E-state index in [-0.39, 0.29) is 41.4 Å². The van der Waals surface area contributed by atoms with Crippen LogP contribution in [0.25, 0.3) is 0 Å². The van der Waals surface area contributed by atoms with Crippen LogP contribution in [-0.2, 0) is 9.59 Å². The topological polar surface area (TPSA) is 107 Å². The number of hydrogen-bond acceptors (Lipinski definition) is 5. The predicted octanol–water partition coefficient (Wildman–Crippen LogP) is 3.73. The number of nitrogens with one attached hydrogen (secondary N) is 3. The normalized spacial score (nSPS) is 23.0. The molecule has 3 heterocycles. The minimum absolute atomic E-state index is 0.0937. The molecule has 3 atom stereocenters. The molecule has 0 radical (unpaired) electrons. The van der Waals surface area contributed by atoms with Crippen LogP contribution in [0, 0.1) is 0 Å². The molecular formula is C24H31N5O3. The second-order valence-electron chi connectivity index (χ2n) is 9.26. The van der Waals surface area contributed by atoms with Crippen molar-refractivity contribution in [2.24, 2.45) is 0 Å². The number of anilines is 3. The Balaban J connectivity index is 1.63. The van der Waals surface area contributed by atoms with E-state index in [2.05, 4.69) is 53.2 Å². The molecule has 0 saturated carbocycles. The fraction of sp³-hybridized carbons (Fsp3) is 0.500. The first-order valence-electron chi connectivity index (χ1n) is 11.4. The summed E-state index contributed by atoms with van der Waals surface area (Å²) in [4.78, 5) is 48.1. The number of benzene rings is 1. The van der Waals surface area contributed by atoms with Gasteiger partial charge in [0.25, 0.3) is 5.56 Å². The number of carbonyl (C=O) groups excluding carboxylic acids is 2. The van der Waals surface area contributed by atoms with Crippen LogP contribution in [0.15, 0.2) is 29.1 Å². The molecule has 1 aromatic carbocycles. The first-order valence-corrected chi connectivity index (χ1v) is 11.4. The molecule has 3 N–H and O–H groups in total. The van der Waals surface area contributed by atoms with Gasteiger partial charge in [-0.05, 0) is 56.7 Å². The maximum Gasteiger partial charge on any atom is 0.258 e. The zero-order valence-electron chi connectivity index (χ0n) is 19.1. The van der Waals surface area contributed by atoms with Gasteiger partial charge in [0.15, 0.2) is 0 Å². The van der Waals surface area contributed by atoms with Gasteiger partial charge in [-0.1, -0.05) is 26.0 Å². The summed E-state index contributed by atoms with van der Waals surface area (Å²) in [7, 11) is 0. The number of amides is 2. The minimum atomic E-state index is -0.898. The van der Waals surface area contributed by atoms with Crippen molar-refractivity contribution in [2.45, 2.75) is 77.3 Å². The third-order valence-corrected chi connectivity index (χ3v) is 6.54. The van der Waals surface area contributed by atoms with Crippen LogP contribution in [-0.4, -0.2) is 33.9 Å². The largest absolute Gasteiger partial charge is 0.337 e. The Kier molecular flexibility index (Phi) is 6.04. The van der Waals surface area contributed by atoms with E-state index in [0.29, 0.717) is 17.6 Å². The van der Waals surface area contributed by atoms with Crippen molar-refractivity contribution < 1.29 is 9.59 Å². The standard InChI is InChI=1S/C24H31N5O3/c1-13(2)16-8-10-17(11-9-16)25-22(31)18-12-19(30)26-21-20(18)23(32)28-24(27-21)29-14(3)6-5-7-15(29)4/h8-11,13-15,18H,5-7,12H2,1-4H3,(H,25,31)(H2,26,27,28,30,32)/t14-,15+,18-/m0/s1. The Morgan fingerprint density at radius 3 is 2.41 bits per heavy atom. The summed E-state index contributed by atoms with van der Waals surface area (Å²) in [5.74, 6) is -0.600. The first kappa shape index (κ1) is 22.0. The molecular weight excluding hydrogens is 406 g/mol. The van der Waals surface area contributed by atoms with Crippen molar-refractivity contribution in [1.82, 2.24) is 9.97 Å². The van der Waals surface area contributed by atoms with Crippen LogP contribution in [0.3, 0.4) is 0 Å². The van der Waals surface area contributed by atoms with Crippen LogP contribution in [0.2, 0.25) is 0 Å². The Hall–Kier alpha value is -3.16. The number of H-pyrrole nitrogens is 1. The Morgan fingerprint density at radius 1 is 1.12 bits per heavy atom. The summed E-state index contributed by atoms with van der Waals surface area (Å²) in [6.07, 6.45) is 3.06. The lowest BCUT2D eigenvalue weighted by molar-refractivity contribution is -0.123. The number of nitrogens with zero attached hydrogens (tertiary/aromatic N) is 2. The molecule has 170 valence electrons. The van der Waals surface area contributed by atoms with Gasteiger partial charge in [0.2, 0.25) is 17.8 Å². The van der Waals surface area contributed by atoms with E-state index < -0.39 is 11.8 Å². The summed E-state index contributed by atoms with van der Waals surface area (Å²) in [6, 6.07) is 8.05. The molecule has 2 aromatic rings. The second-order valence-corrected chi connectivity index (χ2v) is 9.26. The minimum Gasteiger partial charge on any atom is -0.337 e. The van der Waals surface area contributed by atoms with Crippen molar-refractivity contribution in [3.63, 3.8) is 0 Å². The molecule has 2 aliphatic rings. The third kappa shape index (κ3) is 4.26. The summed E-state index contributed by atoms with van der Waals surface area (Å²) in [5, 5.41) is 5.55. The lowest BCUT2D eigenvalue weighted by Crippen LogP contribution is -2.46. The van der Waals surface area contributed by atoms with Gasteiger partial charge in [0.05, 0.1) is 11.5 Å². The van der Waals surface area contributed by atoms with Gasteiger partial charge in [-0.15, -0.1) is 0 Å². The van der Waals surface area contributed by atoms with Crippen molar-refractivity contribution in [2.75, 3.05) is 15.5 Å². The smallest absolute Gasteiger partial charge is 0.258 e.